The lowest BCUT2D eigenvalue weighted by Crippen LogP contribution is -1.91. The van der Waals surface area contributed by atoms with E-state index < -0.39 is 0 Å². The second-order valence-corrected chi connectivity index (χ2v) is 3.22. The third-order valence-corrected chi connectivity index (χ3v) is 2.02. The van der Waals surface area contributed by atoms with Crippen LogP contribution in [-0.2, 0) is 9.53 Å². The summed E-state index contributed by atoms with van der Waals surface area (Å²) in [6.07, 6.45) is 5.93. The number of halogens is 1. The number of hydrogen-bond acceptors (Lipinski definition) is 2. The van der Waals surface area contributed by atoms with Crippen molar-refractivity contribution in [1.82, 2.24) is 0 Å². The summed E-state index contributed by atoms with van der Waals surface area (Å²) in [7, 11) is 0. The zero-order chi connectivity index (χ0) is 8.36. The van der Waals surface area contributed by atoms with Crippen molar-refractivity contribution in [1.29, 1.82) is 0 Å². The van der Waals surface area contributed by atoms with E-state index in [1.807, 2.05) is 0 Å². The highest BCUT2D eigenvalue weighted by molar-refractivity contribution is 9.09. The molecule has 0 rings (SSSR count). The maximum Gasteiger partial charge on any atom is 0.293 e. The zero-order valence-electron chi connectivity index (χ0n) is 6.72. The van der Waals surface area contributed by atoms with Gasteiger partial charge in [0.2, 0.25) is 0 Å². The van der Waals surface area contributed by atoms with Gasteiger partial charge in [0.1, 0.15) is 0 Å². The van der Waals surface area contributed by atoms with Crippen LogP contribution in [0.1, 0.15) is 32.1 Å². The summed E-state index contributed by atoms with van der Waals surface area (Å²) < 4.78 is 4.55. The van der Waals surface area contributed by atoms with Crippen molar-refractivity contribution in [3.63, 3.8) is 0 Å². The van der Waals surface area contributed by atoms with Crippen LogP contribution >= 0.6 is 15.9 Å². The molecule has 0 heterocycles. The highest BCUT2D eigenvalue weighted by Gasteiger charge is 1.89. The standard InChI is InChI=1S/C8H15BrO2/c9-6-4-2-1-3-5-7-11-8-10/h8H,1-7H2. The summed E-state index contributed by atoms with van der Waals surface area (Å²) >= 11 is 3.37. The van der Waals surface area contributed by atoms with Gasteiger partial charge in [-0.1, -0.05) is 35.2 Å². The van der Waals surface area contributed by atoms with Crippen LogP contribution in [0.4, 0.5) is 0 Å². The molecular formula is C8H15BrO2. The first-order valence-electron chi connectivity index (χ1n) is 4.03. The van der Waals surface area contributed by atoms with Gasteiger partial charge in [-0.05, 0) is 12.8 Å². The van der Waals surface area contributed by atoms with E-state index in [0.29, 0.717) is 13.1 Å². The van der Waals surface area contributed by atoms with Crippen LogP contribution in [0.3, 0.4) is 0 Å². The Hall–Kier alpha value is -0.0500. The maximum absolute atomic E-state index is 9.71. The number of hydrogen-bond donors (Lipinski definition) is 0. The number of ether oxygens (including phenoxy) is 1. The molecule has 66 valence electrons. The van der Waals surface area contributed by atoms with E-state index in [2.05, 4.69) is 20.7 Å². The Morgan fingerprint density at radius 1 is 1.09 bits per heavy atom. The van der Waals surface area contributed by atoms with Crippen LogP contribution in [0.15, 0.2) is 0 Å². The van der Waals surface area contributed by atoms with E-state index in [1.165, 1.54) is 25.7 Å². The molecule has 0 aromatic rings. The molecule has 0 aromatic carbocycles. The molecule has 0 aromatic heterocycles. The molecule has 0 spiro atoms. The minimum atomic E-state index is 0.512. The fourth-order valence-corrected chi connectivity index (χ4v) is 1.25. The summed E-state index contributed by atoms with van der Waals surface area (Å²) in [5.41, 5.74) is 0. The van der Waals surface area contributed by atoms with Crippen LogP contribution < -0.4 is 0 Å². The van der Waals surface area contributed by atoms with Gasteiger partial charge >= 0.3 is 0 Å². The Labute approximate surface area is 76.4 Å². The number of carbonyl (C=O) groups excluding carboxylic acids is 1. The summed E-state index contributed by atoms with van der Waals surface area (Å²) in [6.45, 7) is 1.09. The smallest absolute Gasteiger partial charge is 0.293 e. The summed E-state index contributed by atoms with van der Waals surface area (Å²) in [6, 6.07) is 0. The van der Waals surface area contributed by atoms with E-state index in [0.717, 1.165) is 11.8 Å². The summed E-state index contributed by atoms with van der Waals surface area (Å²) in [4.78, 5) is 9.71. The highest BCUT2D eigenvalue weighted by atomic mass is 79.9. The molecule has 0 amide bonds. The molecule has 0 aliphatic heterocycles. The van der Waals surface area contributed by atoms with E-state index >= 15 is 0 Å². The first-order valence-corrected chi connectivity index (χ1v) is 5.15. The topological polar surface area (TPSA) is 26.3 Å². The van der Waals surface area contributed by atoms with E-state index in [4.69, 9.17) is 0 Å². The molecule has 3 heteroatoms. The van der Waals surface area contributed by atoms with E-state index in [-0.39, 0.29) is 0 Å². The molecule has 0 fully saturated rings. The maximum atomic E-state index is 9.71. The number of carbonyl (C=O) groups is 1. The third kappa shape index (κ3) is 9.95. The molecule has 0 bridgehead atoms. The second kappa shape index (κ2) is 9.95. The van der Waals surface area contributed by atoms with Gasteiger partial charge in [0.15, 0.2) is 0 Å². The average molecular weight is 223 g/mol. The quantitative estimate of drug-likeness (QED) is 0.359. The van der Waals surface area contributed by atoms with Gasteiger partial charge in [-0.25, -0.2) is 0 Å². The van der Waals surface area contributed by atoms with Gasteiger partial charge in [0, 0.05) is 5.33 Å². The summed E-state index contributed by atoms with van der Waals surface area (Å²) in [5, 5.41) is 1.10. The fraction of sp³-hybridized carbons (Fsp3) is 0.875. The van der Waals surface area contributed by atoms with Crippen molar-refractivity contribution in [2.24, 2.45) is 0 Å². The molecule has 0 aliphatic carbocycles. The lowest BCUT2D eigenvalue weighted by molar-refractivity contribution is -0.128. The third-order valence-electron chi connectivity index (χ3n) is 1.46. The molecule has 0 N–H and O–H groups in total. The summed E-state index contributed by atoms with van der Waals surface area (Å²) in [5.74, 6) is 0. The van der Waals surface area contributed by atoms with Gasteiger partial charge in [0.25, 0.3) is 6.47 Å². The number of unbranched alkanes of at least 4 members (excludes halogenated alkanes) is 4. The van der Waals surface area contributed by atoms with E-state index in [1.54, 1.807) is 0 Å². The second-order valence-electron chi connectivity index (χ2n) is 2.42. The zero-order valence-corrected chi connectivity index (χ0v) is 8.31. The van der Waals surface area contributed by atoms with Crippen LogP contribution in [0.25, 0.3) is 0 Å². The molecule has 0 unspecified atom stereocenters. The van der Waals surface area contributed by atoms with Gasteiger partial charge in [-0.15, -0.1) is 0 Å². The monoisotopic (exact) mass is 222 g/mol. The average Bonchev–Trinajstić information content (AvgIpc) is 2.03. The van der Waals surface area contributed by atoms with Gasteiger partial charge < -0.3 is 4.74 Å². The Morgan fingerprint density at radius 2 is 1.73 bits per heavy atom. The van der Waals surface area contributed by atoms with Gasteiger partial charge in [-0.2, -0.15) is 0 Å². The predicted molar refractivity (Wildman–Crippen MR) is 48.9 cm³/mol. The number of rotatable bonds is 8. The van der Waals surface area contributed by atoms with Crippen molar-refractivity contribution < 1.29 is 9.53 Å². The normalized spacial score (nSPS) is 9.55. The molecule has 11 heavy (non-hydrogen) atoms. The SMILES string of the molecule is O=COCCCCCCCBr. The van der Waals surface area contributed by atoms with Gasteiger partial charge in [0.05, 0.1) is 6.61 Å². The molecule has 0 aliphatic rings. The van der Waals surface area contributed by atoms with Crippen molar-refractivity contribution in [2.45, 2.75) is 32.1 Å². The molecule has 0 saturated carbocycles. The molecular weight excluding hydrogens is 208 g/mol. The van der Waals surface area contributed by atoms with E-state index in [9.17, 15) is 4.79 Å². The van der Waals surface area contributed by atoms with Crippen molar-refractivity contribution in [2.75, 3.05) is 11.9 Å². The minimum absolute atomic E-state index is 0.512. The lowest BCUT2D eigenvalue weighted by Gasteiger charge is -1.98. The molecule has 0 radical (unpaired) electrons. The fourth-order valence-electron chi connectivity index (χ4n) is 0.858. The Balaban J connectivity index is 2.74. The largest absolute Gasteiger partial charge is 0.468 e. The molecule has 2 nitrogen and oxygen atoms in total. The van der Waals surface area contributed by atoms with Crippen LogP contribution in [0.5, 0.6) is 0 Å². The van der Waals surface area contributed by atoms with Crippen molar-refractivity contribution in [3.8, 4) is 0 Å². The Bertz CT molecular complexity index is 86.2. The first-order chi connectivity index (χ1) is 5.41. The predicted octanol–water partition coefficient (Wildman–Crippen LogP) is 2.50. The Morgan fingerprint density at radius 3 is 2.36 bits per heavy atom. The highest BCUT2D eigenvalue weighted by Crippen LogP contribution is 2.04. The van der Waals surface area contributed by atoms with Crippen molar-refractivity contribution in [3.05, 3.63) is 0 Å². The van der Waals surface area contributed by atoms with Crippen LogP contribution in [0.2, 0.25) is 0 Å². The van der Waals surface area contributed by atoms with Gasteiger partial charge in [-0.3, -0.25) is 4.79 Å². The molecule has 0 saturated heterocycles. The Kier molecular flexibility index (Phi) is 9.90. The lowest BCUT2D eigenvalue weighted by atomic mass is 10.2. The number of alkyl halides is 1. The van der Waals surface area contributed by atoms with Crippen LogP contribution in [0, 0.1) is 0 Å². The van der Waals surface area contributed by atoms with Crippen molar-refractivity contribution >= 4 is 22.4 Å². The first kappa shape index (κ1) is 11.0. The van der Waals surface area contributed by atoms with Crippen LogP contribution in [-0.4, -0.2) is 18.4 Å². The minimum Gasteiger partial charge on any atom is -0.468 e. The molecule has 0 atom stereocenters.